The number of para-hydroxylation sites is 1. The molecule has 2 aromatic rings. The van der Waals surface area contributed by atoms with Crippen LogP contribution in [0.3, 0.4) is 0 Å². The lowest BCUT2D eigenvalue weighted by atomic mass is 10.1. The maximum Gasteiger partial charge on any atom is 0.347 e. The molecule has 0 N–H and O–H groups in total. The van der Waals surface area contributed by atoms with Crippen LogP contribution in [0.15, 0.2) is 54.6 Å². The minimum Gasteiger partial charge on any atom is -0.497 e. The highest BCUT2D eigenvalue weighted by Gasteiger charge is 2.18. The number of ketones is 1. The quantitative estimate of drug-likeness (QED) is 0.581. The summed E-state index contributed by atoms with van der Waals surface area (Å²) in [6.07, 6.45) is -0.791. The minimum atomic E-state index is -0.791. The summed E-state index contributed by atoms with van der Waals surface area (Å²) in [5.41, 5.74) is 0.454. The topological polar surface area (TPSA) is 61.8 Å². The van der Waals surface area contributed by atoms with Crippen molar-refractivity contribution in [2.24, 2.45) is 0 Å². The van der Waals surface area contributed by atoms with Crippen LogP contribution >= 0.6 is 0 Å². The van der Waals surface area contributed by atoms with Gasteiger partial charge in [-0.1, -0.05) is 18.2 Å². The smallest absolute Gasteiger partial charge is 0.347 e. The normalized spacial score (nSPS) is 11.4. The molecule has 0 bridgehead atoms. The largest absolute Gasteiger partial charge is 0.497 e. The van der Waals surface area contributed by atoms with Gasteiger partial charge in [0.25, 0.3) is 0 Å². The van der Waals surface area contributed by atoms with Gasteiger partial charge < -0.3 is 14.2 Å². The molecule has 0 aromatic heterocycles. The third kappa shape index (κ3) is 4.85. The number of Topliss-reactive ketones (excluding diaryl/α,β-unsaturated/α-hetero) is 1. The number of benzene rings is 2. The molecule has 1 atom stereocenters. The third-order valence-electron chi connectivity index (χ3n) is 3.15. The molecule has 0 fully saturated rings. The maximum atomic E-state index is 12.0. The van der Waals surface area contributed by atoms with Crippen LogP contribution < -0.4 is 9.47 Å². The second-order valence-electron chi connectivity index (χ2n) is 4.83. The van der Waals surface area contributed by atoms with Gasteiger partial charge in [-0.2, -0.15) is 0 Å². The molecule has 5 nitrogen and oxygen atoms in total. The van der Waals surface area contributed by atoms with Gasteiger partial charge in [-0.3, -0.25) is 4.79 Å². The molecule has 0 aliphatic rings. The highest BCUT2D eigenvalue weighted by atomic mass is 16.6. The Morgan fingerprint density at radius 2 is 1.61 bits per heavy atom. The van der Waals surface area contributed by atoms with Gasteiger partial charge in [0.15, 0.2) is 18.5 Å². The van der Waals surface area contributed by atoms with E-state index in [4.69, 9.17) is 14.2 Å². The molecule has 5 heteroatoms. The average molecular weight is 314 g/mol. The van der Waals surface area contributed by atoms with Crippen molar-refractivity contribution in [1.82, 2.24) is 0 Å². The fourth-order valence-electron chi connectivity index (χ4n) is 1.87. The van der Waals surface area contributed by atoms with Crippen LogP contribution in [0.1, 0.15) is 17.3 Å². The minimum absolute atomic E-state index is 0.284. The van der Waals surface area contributed by atoms with Gasteiger partial charge in [0.1, 0.15) is 11.5 Å². The molecule has 120 valence electrons. The summed E-state index contributed by atoms with van der Waals surface area (Å²) < 4.78 is 15.5. The van der Waals surface area contributed by atoms with E-state index in [2.05, 4.69) is 0 Å². The molecule has 0 spiro atoms. The van der Waals surface area contributed by atoms with Crippen LogP contribution in [-0.2, 0) is 9.53 Å². The van der Waals surface area contributed by atoms with Crippen molar-refractivity contribution in [3.63, 3.8) is 0 Å². The Hall–Kier alpha value is -2.82. The summed E-state index contributed by atoms with van der Waals surface area (Å²) in [5.74, 6) is 0.352. The van der Waals surface area contributed by atoms with Crippen LogP contribution in [0, 0.1) is 0 Å². The van der Waals surface area contributed by atoms with Crippen LogP contribution in [0.5, 0.6) is 11.5 Å². The number of hydrogen-bond acceptors (Lipinski definition) is 5. The lowest BCUT2D eigenvalue weighted by Gasteiger charge is -2.13. The molecule has 0 aliphatic heterocycles. The predicted octanol–water partition coefficient (Wildman–Crippen LogP) is 2.89. The number of carbonyl (C=O) groups is 2. The number of esters is 1. The standard InChI is InChI=1S/C18H18O5/c1-13(23-16-6-4-3-5-7-16)18(20)22-12-17(19)14-8-10-15(21-2)11-9-14/h3-11,13H,12H2,1-2H3. The summed E-state index contributed by atoms with van der Waals surface area (Å²) in [7, 11) is 1.55. The molecule has 0 heterocycles. The second kappa shape index (κ2) is 7.98. The summed E-state index contributed by atoms with van der Waals surface area (Å²) in [5, 5.41) is 0. The van der Waals surface area contributed by atoms with Gasteiger partial charge in [-0.15, -0.1) is 0 Å². The van der Waals surface area contributed by atoms with E-state index in [0.29, 0.717) is 17.1 Å². The second-order valence-corrected chi connectivity index (χ2v) is 4.83. The highest BCUT2D eigenvalue weighted by molar-refractivity contribution is 5.98. The van der Waals surface area contributed by atoms with Crippen molar-refractivity contribution < 1.29 is 23.8 Å². The Bertz CT molecular complexity index is 649. The zero-order chi connectivity index (χ0) is 16.7. The summed E-state index contributed by atoms with van der Waals surface area (Å²) in [6, 6.07) is 15.5. The molecule has 1 unspecified atom stereocenters. The monoisotopic (exact) mass is 314 g/mol. The molecule has 0 aliphatic carbocycles. The number of methoxy groups -OCH3 is 1. The van der Waals surface area contributed by atoms with Crippen LogP contribution in [0.25, 0.3) is 0 Å². The van der Waals surface area contributed by atoms with Crippen molar-refractivity contribution in [1.29, 1.82) is 0 Å². The lowest BCUT2D eigenvalue weighted by Crippen LogP contribution is -2.28. The maximum absolute atomic E-state index is 12.0. The van der Waals surface area contributed by atoms with E-state index in [1.807, 2.05) is 6.07 Å². The molecular weight excluding hydrogens is 296 g/mol. The van der Waals surface area contributed by atoms with Crippen molar-refractivity contribution in [3.8, 4) is 11.5 Å². The molecule has 23 heavy (non-hydrogen) atoms. The fourth-order valence-corrected chi connectivity index (χ4v) is 1.87. The van der Waals surface area contributed by atoms with Crippen LogP contribution in [0.2, 0.25) is 0 Å². The third-order valence-corrected chi connectivity index (χ3v) is 3.15. The Morgan fingerprint density at radius 1 is 0.957 bits per heavy atom. The van der Waals surface area contributed by atoms with Gasteiger partial charge in [0, 0.05) is 5.56 Å². The molecule has 0 saturated carbocycles. The van der Waals surface area contributed by atoms with Crippen LogP contribution in [0.4, 0.5) is 0 Å². The predicted molar refractivity (Wildman–Crippen MR) is 84.8 cm³/mol. The first-order valence-corrected chi connectivity index (χ1v) is 7.15. The van der Waals surface area contributed by atoms with E-state index in [9.17, 15) is 9.59 Å². The highest BCUT2D eigenvalue weighted by Crippen LogP contribution is 2.13. The molecule has 0 radical (unpaired) electrons. The van der Waals surface area contributed by atoms with Gasteiger partial charge in [-0.05, 0) is 43.3 Å². The zero-order valence-electron chi connectivity index (χ0n) is 13.0. The Kier molecular flexibility index (Phi) is 5.74. The lowest BCUT2D eigenvalue weighted by molar-refractivity contribution is -0.149. The molecule has 0 amide bonds. The first kappa shape index (κ1) is 16.5. The van der Waals surface area contributed by atoms with Crippen LogP contribution in [-0.4, -0.2) is 31.6 Å². The van der Waals surface area contributed by atoms with Crippen molar-refractivity contribution in [3.05, 3.63) is 60.2 Å². The van der Waals surface area contributed by atoms with Crippen molar-refractivity contribution in [2.45, 2.75) is 13.0 Å². The summed E-state index contributed by atoms with van der Waals surface area (Å²) >= 11 is 0. The van der Waals surface area contributed by atoms with E-state index >= 15 is 0 Å². The van der Waals surface area contributed by atoms with Crippen molar-refractivity contribution in [2.75, 3.05) is 13.7 Å². The number of rotatable bonds is 7. The summed E-state index contributed by atoms with van der Waals surface area (Å²) in [6.45, 7) is 1.25. The van der Waals surface area contributed by atoms with Gasteiger partial charge >= 0.3 is 5.97 Å². The SMILES string of the molecule is COc1ccc(C(=O)COC(=O)C(C)Oc2ccccc2)cc1. The summed E-state index contributed by atoms with van der Waals surface area (Å²) in [4.78, 5) is 23.8. The van der Waals surface area contributed by atoms with E-state index in [-0.39, 0.29) is 12.4 Å². The van der Waals surface area contributed by atoms with E-state index in [0.717, 1.165) is 0 Å². The van der Waals surface area contributed by atoms with Gasteiger partial charge in [0.2, 0.25) is 0 Å². The number of ether oxygens (including phenoxy) is 3. The van der Waals surface area contributed by atoms with E-state index < -0.39 is 12.1 Å². The Balaban J connectivity index is 1.84. The van der Waals surface area contributed by atoms with E-state index in [1.165, 1.54) is 0 Å². The molecule has 2 rings (SSSR count). The van der Waals surface area contributed by atoms with E-state index in [1.54, 1.807) is 62.6 Å². The van der Waals surface area contributed by atoms with Gasteiger partial charge in [0.05, 0.1) is 7.11 Å². The van der Waals surface area contributed by atoms with Gasteiger partial charge in [-0.25, -0.2) is 4.79 Å². The zero-order valence-corrected chi connectivity index (χ0v) is 13.0. The average Bonchev–Trinajstić information content (AvgIpc) is 2.60. The fraction of sp³-hybridized carbons (Fsp3) is 0.222. The number of hydrogen-bond donors (Lipinski definition) is 0. The first-order chi connectivity index (χ1) is 11.1. The first-order valence-electron chi connectivity index (χ1n) is 7.15. The molecule has 0 saturated heterocycles. The molecule has 2 aromatic carbocycles. The molecular formula is C18H18O5. The number of carbonyl (C=O) groups excluding carboxylic acids is 2. The Morgan fingerprint density at radius 3 is 2.22 bits per heavy atom. The van der Waals surface area contributed by atoms with Crippen molar-refractivity contribution >= 4 is 11.8 Å². The Labute approximate surface area is 134 Å².